The molecule has 0 saturated carbocycles. The minimum absolute atomic E-state index is 0.0339. The van der Waals surface area contributed by atoms with Crippen LogP contribution in [0.15, 0.2) is 66.7 Å². The molecule has 126 valence electrons. The Bertz CT molecular complexity index is 841. The van der Waals surface area contributed by atoms with Crippen LogP contribution in [0.4, 0.5) is 0 Å². The van der Waals surface area contributed by atoms with Crippen LogP contribution in [0.3, 0.4) is 0 Å². The van der Waals surface area contributed by atoms with Gasteiger partial charge < -0.3 is 9.47 Å². The lowest BCUT2D eigenvalue weighted by atomic mass is 9.97. The van der Waals surface area contributed by atoms with E-state index in [9.17, 15) is 9.59 Å². The molecule has 0 amide bonds. The van der Waals surface area contributed by atoms with Crippen molar-refractivity contribution < 1.29 is 19.1 Å². The second kappa shape index (κ2) is 8.51. The van der Waals surface area contributed by atoms with Gasteiger partial charge in [-0.2, -0.15) is 0 Å². The van der Waals surface area contributed by atoms with Gasteiger partial charge in [-0.15, -0.1) is 0 Å². The molecule has 0 heterocycles. The number of rotatable bonds is 4. The Morgan fingerprint density at radius 2 is 1.64 bits per heavy atom. The van der Waals surface area contributed by atoms with E-state index >= 15 is 0 Å². The number of carbonyl (C=O) groups is 2. The first-order chi connectivity index (χ1) is 12.0. The minimum atomic E-state index is -0.953. The summed E-state index contributed by atoms with van der Waals surface area (Å²) in [6.07, 6.45) is -0.953. The molecule has 4 heteroatoms. The first-order valence-corrected chi connectivity index (χ1v) is 7.63. The topological polar surface area (TPSA) is 52.6 Å². The molecule has 0 spiro atoms. The lowest BCUT2D eigenvalue weighted by molar-refractivity contribution is -0.147. The summed E-state index contributed by atoms with van der Waals surface area (Å²) in [5.74, 6) is 4.95. The van der Waals surface area contributed by atoms with Crippen LogP contribution in [0.5, 0.6) is 0 Å². The van der Waals surface area contributed by atoms with E-state index in [4.69, 9.17) is 9.47 Å². The minimum Gasteiger partial charge on any atom is -0.466 e. The Kier molecular flexibility index (Phi) is 6.14. The van der Waals surface area contributed by atoms with Crippen LogP contribution in [0, 0.1) is 11.8 Å². The third kappa shape index (κ3) is 4.82. The largest absolute Gasteiger partial charge is 0.466 e. The summed E-state index contributed by atoms with van der Waals surface area (Å²) >= 11 is 0. The average Bonchev–Trinajstić information content (AvgIpc) is 2.64. The average molecular weight is 334 g/mol. The van der Waals surface area contributed by atoms with Gasteiger partial charge in [-0.1, -0.05) is 54.8 Å². The highest BCUT2D eigenvalue weighted by molar-refractivity contribution is 5.89. The summed E-state index contributed by atoms with van der Waals surface area (Å²) in [4.78, 5) is 23.3. The highest BCUT2D eigenvalue weighted by Crippen LogP contribution is 2.28. The monoisotopic (exact) mass is 334 g/mol. The summed E-state index contributed by atoms with van der Waals surface area (Å²) in [6, 6.07) is 16.7. The Balaban J connectivity index is 2.45. The van der Waals surface area contributed by atoms with Crippen LogP contribution in [0.2, 0.25) is 0 Å². The summed E-state index contributed by atoms with van der Waals surface area (Å²) in [5, 5.41) is 0. The zero-order valence-electron chi connectivity index (χ0n) is 14.1. The SMILES string of the molecule is C=C(C(=O)OC)C(OC(C)=O)c1ccccc1C#Cc1ccccc1. The third-order valence-electron chi connectivity index (χ3n) is 3.41. The predicted octanol–water partition coefficient (Wildman–Crippen LogP) is 3.42. The standard InChI is InChI=1S/C21H18O4/c1-15(21(23)24-3)20(25-16(2)22)19-12-8-7-11-18(19)14-13-17-9-5-4-6-10-17/h4-12,20H,1H2,2-3H3. The van der Waals surface area contributed by atoms with Crippen LogP contribution in [-0.4, -0.2) is 19.0 Å². The maximum absolute atomic E-state index is 11.8. The van der Waals surface area contributed by atoms with Crippen molar-refractivity contribution in [3.8, 4) is 11.8 Å². The van der Waals surface area contributed by atoms with Gasteiger partial charge in [-0.3, -0.25) is 4.79 Å². The molecule has 0 saturated heterocycles. The van der Waals surface area contributed by atoms with E-state index < -0.39 is 18.0 Å². The number of hydrogen-bond acceptors (Lipinski definition) is 4. The third-order valence-corrected chi connectivity index (χ3v) is 3.41. The van der Waals surface area contributed by atoms with Crippen molar-refractivity contribution in [1.82, 2.24) is 0 Å². The van der Waals surface area contributed by atoms with Crippen LogP contribution >= 0.6 is 0 Å². The van der Waals surface area contributed by atoms with E-state index in [0.717, 1.165) is 5.56 Å². The molecule has 2 aromatic carbocycles. The van der Waals surface area contributed by atoms with E-state index in [1.165, 1.54) is 14.0 Å². The first-order valence-electron chi connectivity index (χ1n) is 7.63. The molecule has 0 N–H and O–H groups in total. The van der Waals surface area contributed by atoms with Crippen LogP contribution in [0.1, 0.15) is 29.7 Å². The van der Waals surface area contributed by atoms with E-state index in [-0.39, 0.29) is 5.57 Å². The number of methoxy groups -OCH3 is 1. The fourth-order valence-corrected chi connectivity index (χ4v) is 2.23. The molecular formula is C21H18O4. The van der Waals surface area contributed by atoms with Crippen molar-refractivity contribution in [3.63, 3.8) is 0 Å². The van der Waals surface area contributed by atoms with E-state index in [1.54, 1.807) is 18.2 Å². The van der Waals surface area contributed by atoms with Crippen molar-refractivity contribution >= 4 is 11.9 Å². The Labute approximate surface area is 147 Å². The molecule has 25 heavy (non-hydrogen) atoms. The fraction of sp³-hybridized carbons (Fsp3) is 0.143. The van der Waals surface area contributed by atoms with Gasteiger partial charge in [0.25, 0.3) is 0 Å². The maximum atomic E-state index is 11.8. The molecule has 1 atom stereocenters. The Morgan fingerprint density at radius 3 is 2.28 bits per heavy atom. The quantitative estimate of drug-likeness (QED) is 0.488. The summed E-state index contributed by atoms with van der Waals surface area (Å²) in [5.41, 5.74) is 2.11. The fourth-order valence-electron chi connectivity index (χ4n) is 2.23. The summed E-state index contributed by atoms with van der Waals surface area (Å²) in [6.45, 7) is 4.99. The molecule has 0 aromatic heterocycles. The molecule has 1 unspecified atom stereocenters. The number of carbonyl (C=O) groups excluding carboxylic acids is 2. The number of ether oxygens (including phenoxy) is 2. The highest BCUT2D eigenvalue weighted by Gasteiger charge is 2.26. The lowest BCUT2D eigenvalue weighted by Gasteiger charge is -2.19. The normalized spacial score (nSPS) is 10.8. The molecule has 0 bridgehead atoms. The maximum Gasteiger partial charge on any atom is 0.337 e. The van der Waals surface area contributed by atoms with Gasteiger partial charge in [-0.25, -0.2) is 4.79 Å². The summed E-state index contributed by atoms with van der Waals surface area (Å²) < 4.78 is 10.0. The number of esters is 2. The van der Waals surface area contributed by atoms with Crippen molar-refractivity contribution in [3.05, 3.63) is 83.4 Å². The van der Waals surface area contributed by atoms with Crippen LogP contribution in [0.25, 0.3) is 0 Å². The Hall–Kier alpha value is -3.32. The molecule has 0 aliphatic carbocycles. The molecule has 2 rings (SSSR count). The highest BCUT2D eigenvalue weighted by atomic mass is 16.6. The zero-order valence-corrected chi connectivity index (χ0v) is 14.1. The Morgan fingerprint density at radius 1 is 1.00 bits per heavy atom. The number of benzene rings is 2. The molecule has 0 fully saturated rings. The molecule has 0 aliphatic rings. The van der Waals surface area contributed by atoms with E-state index in [2.05, 4.69) is 18.4 Å². The van der Waals surface area contributed by atoms with E-state index in [0.29, 0.717) is 11.1 Å². The van der Waals surface area contributed by atoms with Crippen molar-refractivity contribution in [2.75, 3.05) is 7.11 Å². The van der Waals surface area contributed by atoms with Gasteiger partial charge in [0.05, 0.1) is 12.7 Å². The molecule has 0 aliphatic heterocycles. The molecule has 4 nitrogen and oxygen atoms in total. The van der Waals surface area contributed by atoms with Gasteiger partial charge in [0.1, 0.15) is 0 Å². The first kappa shape index (κ1) is 18.0. The van der Waals surface area contributed by atoms with Crippen molar-refractivity contribution in [1.29, 1.82) is 0 Å². The zero-order chi connectivity index (χ0) is 18.2. The van der Waals surface area contributed by atoms with Gasteiger partial charge >= 0.3 is 11.9 Å². The van der Waals surface area contributed by atoms with Gasteiger partial charge in [-0.05, 0) is 18.2 Å². The predicted molar refractivity (Wildman–Crippen MR) is 94.5 cm³/mol. The van der Waals surface area contributed by atoms with Gasteiger partial charge in [0.15, 0.2) is 6.10 Å². The van der Waals surface area contributed by atoms with E-state index in [1.807, 2.05) is 36.4 Å². The molecule has 0 radical (unpaired) electrons. The van der Waals surface area contributed by atoms with Gasteiger partial charge in [0, 0.05) is 23.6 Å². The second-order valence-corrected chi connectivity index (χ2v) is 5.21. The smallest absolute Gasteiger partial charge is 0.337 e. The van der Waals surface area contributed by atoms with Crippen molar-refractivity contribution in [2.45, 2.75) is 13.0 Å². The van der Waals surface area contributed by atoms with Gasteiger partial charge in [0.2, 0.25) is 0 Å². The summed E-state index contributed by atoms with van der Waals surface area (Å²) in [7, 11) is 1.25. The molecule has 2 aromatic rings. The lowest BCUT2D eigenvalue weighted by Crippen LogP contribution is -2.18. The van der Waals surface area contributed by atoms with Crippen LogP contribution in [-0.2, 0) is 19.1 Å². The number of hydrogen-bond donors (Lipinski definition) is 0. The second-order valence-electron chi connectivity index (χ2n) is 5.21. The van der Waals surface area contributed by atoms with Crippen molar-refractivity contribution in [2.24, 2.45) is 0 Å². The van der Waals surface area contributed by atoms with Crippen LogP contribution < -0.4 is 0 Å². The molecular weight excluding hydrogens is 316 g/mol.